The Balaban J connectivity index is 1.82. The lowest BCUT2D eigenvalue weighted by molar-refractivity contribution is -0.384. The van der Waals surface area contributed by atoms with E-state index in [-0.39, 0.29) is 15.7 Å². The second kappa shape index (κ2) is 6.30. The molecule has 0 spiro atoms. The minimum absolute atomic E-state index is 0.0585. The molecule has 1 aromatic carbocycles. The fourth-order valence-electron chi connectivity index (χ4n) is 1.93. The van der Waals surface area contributed by atoms with Crippen molar-refractivity contribution >= 4 is 43.5 Å². The highest BCUT2D eigenvalue weighted by molar-refractivity contribution is 7.93. The quantitative estimate of drug-likeness (QED) is 0.533. The minimum atomic E-state index is -3.84. The molecular weight excluding hydrogens is 370 g/mol. The average molecular weight is 381 g/mol. The van der Waals surface area contributed by atoms with Crippen LogP contribution in [0, 0.1) is 17.0 Å². The second-order valence-corrected chi connectivity index (χ2v) is 8.63. The molecule has 0 amide bonds. The third kappa shape index (κ3) is 3.45. The fraction of sp³-hybridized carbons (Fsp3) is 0.0714. The minimum Gasteiger partial charge on any atom is -0.258 e. The molecule has 2 heterocycles. The van der Waals surface area contributed by atoms with Crippen molar-refractivity contribution in [2.45, 2.75) is 11.8 Å². The number of nitro groups is 1. The van der Waals surface area contributed by atoms with Gasteiger partial charge in [0.15, 0.2) is 5.13 Å². The summed E-state index contributed by atoms with van der Waals surface area (Å²) in [5.41, 5.74) is 0.540. The predicted molar refractivity (Wildman–Crippen MR) is 94.1 cm³/mol. The Labute approximate surface area is 145 Å². The van der Waals surface area contributed by atoms with E-state index in [1.165, 1.54) is 23.5 Å². The van der Waals surface area contributed by atoms with Gasteiger partial charge in [0.1, 0.15) is 0 Å². The molecule has 1 N–H and O–H groups in total. The van der Waals surface area contributed by atoms with Gasteiger partial charge >= 0.3 is 0 Å². The molecule has 10 heteroatoms. The molecule has 0 atom stereocenters. The van der Waals surface area contributed by atoms with Crippen LogP contribution in [0.25, 0.3) is 10.6 Å². The summed E-state index contributed by atoms with van der Waals surface area (Å²) >= 11 is 2.76. The molecule has 3 rings (SSSR count). The molecule has 2 aromatic heterocycles. The number of non-ortho nitro benzene ring substituents is 1. The van der Waals surface area contributed by atoms with Crippen LogP contribution in [-0.2, 0) is 10.0 Å². The third-order valence-electron chi connectivity index (χ3n) is 3.08. The highest BCUT2D eigenvalue weighted by Gasteiger charge is 2.18. The maximum atomic E-state index is 12.3. The highest BCUT2D eigenvalue weighted by Crippen LogP contribution is 2.31. The van der Waals surface area contributed by atoms with E-state index in [0.29, 0.717) is 5.69 Å². The average Bonchev–Trinajstić information content (AvgIpc) is 3.16. The molecule has 0 unspecified atom stereocenters. The maximum Gasteiger partial charge on any atom is 0.269 e. The molecule has 24 heavy (non-hydrogen) atoms. The normalized spacial score (nSPS) is 11.4. The van der Waals surface area contributed by atoms with E-state index < -0.39 is 14.9 Å². The predicted octanol–water partition coefficient (Wildman–Crippen LogP) is 3.89. The number of nitrogens with zero attached hydrogens (tertiary/aromatic N) is 2. The van der Waals surface area contributed by atoms with E-state index in [1.807, 2.05) is 19.1 Å². The summed E-state index contributed by atoms with van der Waals surface area (Å²) in [5.74, 6) is 0. The zero-order valence-electron chi connectivity index (χ0n) is 12.3. The lowest BCUT2D eigenvalue weighted by atomic mass is 10.3. The van der Waals surface area contributed by atoms with Gasteiger partial charge in [0.05, 0.1) is 20.4 Å². The summed E-state index contributed by atoms with van der Waals surface area (Å²) in [6.45, 7) is 1.98. The van der Waals surface area contributed by atoms with E-state index in [4.69, 9.17) is 0 Å². The van der Waals surface area contributed by atoms with Gasteiger partial charge in [0.2, 0.25) is 0 Å². The van der Waals surface area contributed by atoms with Crippen LogP contribution >= 0.6 is 22.7 Å². The Kier molecular flexibility index (Phi) is 4.35. The Morgan fingerprint density at radius 3 is 2.46 bits per heavy atom. The van der Waals surface area contributed by atoms with Crippen molar-refractivity contribution in [3.05, 3.63) is 56.8 Å². The van der Waals surface area contributed by atoms with Gasteiger partial charge in [-0.25, -0.2) is 13.4 Å². The Morgan fingerprint density at radius 2 is 1.88 bits per heavy atom. The summed E-state index contributed by atoms with van der Waals surface area (Å²) < 4.78 is 27.0. The van der Waals surface area contributed by atoms with E-state index in [2.05, 4.69) is 9.71 Å². The smallest absolute Gasteiger partial charge is 0.258 e. The number of thiophene rings is 1. The first-order chi connectivity index (χ1) is 11.3. The number of anilines is 1. The standard InChI is InChI=1S/C14H11N3O4S3/c1-9-2-7-13(23-9)12-8-22-14(15-12)16-24(20,21)11-5-3-10(4-6-11)17(18)19/h2-8H,1H3,(H,15,16). The number of hydrogen-bond acceptors (Lipinski definition) is 7. The second-order valence-electron chi connectivity index (χ2n) is 4.80. The van der Waals surface area contributed by atoms with E-state index >= 15 is 0 Å². The molecule has 0 fully saturated rings. The molecule has 7 nitrogen and oxygen atoms in total. The summed E-state index contributed by atoms with van der Waals surface area (Å²) in [6, 6.07) is 8.59. The number of hydrogen-bond donors (Lipinski definition) is 1. The number of aryl methyl sites for hydroxylation is 1. The van der Waals surface area contributed by atoms with Gasteiger partial charge in [-0.1, -0.05) is 0 Å². The third-order valence-corrected chi connectivity index (χ3v) is 6.34. The molecule has 0 aliphatic heterocycles. The van der Waals surface area contributed by atoms with E-state index in [9.17, 15) is 18.5 Å². The molecule has 0 aliphatic rings. The van der Waals surface area contributed by atoms with Crippen molar-refractivity contribution in [2.75, 3.05) is 4.72 Å². The van der Waals surface area contributed by atoms with Crippen LogP contribution in [0.2, 0.25) is 0 Å². The van der Waals surface area contributed by atoms with Crippen LogP contribution in [0.5, 0.6) is 0 Å². The molecule has 0 bridgehead atoms. The number of rotatable bonds is 5. The first-order valence-corrected chi connectivity index (χ1v) is 9.83. The van der Waals surface area contributed by atoms with Crippen LogP contribution in [0.4, 0.5) is 10.8 Å². The van der Waals surface area contributed by atoms with Crippen molar-refractivity contribution in [3.63, 3.8) is 0 Å². The van der Waals surface area contributed by atoms with E-state index in [1.54, 1.807) is 16.7 Å². The SMILES string of the molecule is Cc1ccc(-c2csc(NS(=O)(=O)c3ccc([N+](=O)[O-])cc3)n2)s1. The molecule has 3 aromatic rings. The molecule has 124 valence electrons. The molecular formula is C14H11N3O4S3. The fourth-order valence-corrected chi connectivity index (χ4v) is 4.79. The molecule has 0 saturated carbocycles. The lowest BCUT2D eigenvalue weighted by Gasteiger charge is -2.04. The van der Waals surface area contributed by atoms with Crippen LogP contribution < -0.4 is 4.72 Å². The first kappa shape index (κ1) is 16.6. The van der Waals surface area contributed by atoms with Crippen molar-refractivity contribution in [2.24, 2.45) is 0 Å². The molecule has 0 radical (unpaired) electrons. The van der Waals surface area contributed by atoms with Gasteiger partial charge in [-0.2, -0.15) is 0 Å². The number of sulfonamides is 1. The largest absolute Gasteiger partial charge is 0.269 e. The van der Waals surface area contributed by atoms with Crippen LogP contribution in [0.1, 0.15) is 4.88 Å². The van der Waals surface area contributed by atoms with Gasteiger partial charge in [-0.05, 0) is 31.2 Å². The Morgan fingerprint density at radius 1 is 1.17 bits per heavy atom. The molecule has 0 saturated heterocycles. The van der Waals surface area contributed by atoms with Gasteiger partial charge in [-0.15, -0.1) is 22.7 Å². The van der Waals surface area contributed by atoms with Crippen molar-refractivity contribution < 1.29 is 13.3 Å². The number of nitrogens with one attached hydrogen (secondary N) is 1. The molecule has 0 aliphatic carbocycles. The number of nitro benzene ring substituents is 1. The topological polar surface area (TPSA) is 102 Å². The zero-order valence-corrected chi connectivity index (χ0v) is 14.7. The highest BCUT2D eigenvalue weighted by atomic mass is 32.2. The van der Waals surface area contributed by atoms with Gasteiger partial charge in [-0.3, -0.25) is 14.8 Å². The van der Waals surface area contributed by atoms with Crippen LogP contribution in [-0.4, -0.2) is 18.3 Å². The Bertz CT molecular complexity index is 990. The van der Waals surface area contributed by atoms with Gasteiger partial charge in [0.25, 0.3) is 15.7 Å². The van der Waals surface area contributed by atoms with Gasteiger partial charge < -0.3 is 0 Å². The summed E-state index contributed by atoms with van der Waals surface area (Å²) in [4.78, 5) is 16.4. The van der Waals surface area contributed by atoms with Crippen molar-refractivity contribution in [1.82, 2.24) is 4.98 Å². The van der Waals surface area contributed by atoms with Gasteiger partial charge in [0, 0.05) is 22.4 Å². The number of aromatic nitrogens is 1. The number of benzene rings is 1. The Hall–Kier alpha value is -2.30. The summed E-state index contributed by atoms with van der Waals surface area (Å²) in [5, 5.41) is 12.6. The van der Waals surface area contributed by atoms with E-state index in [0.717, 1.165) is 21.9 Å². The summed E-state index contributed by atoms with van der Waals surface area (Å²) in [7, 11) is -3.84. The van der Waals surface area contributed by atoms with Crippen LogP contribution in [0.15, 0.2) is 46.7 Å². The van der Waals surface area contributed by atoms with Crippen LogP contribution in [0.3, 0.4) is 0 Å². The first-order valence-electron chi connectivity index (χ1n) is 6.65. The number of thiazole rings is 1. The van der Waals surface area contributed by atoms with Crippen molar-refractivity contribution in [3.8, 4) is 10.6 Å². The summed E-state index contributed by atoms with van der Waals surface area (Å²) in [6.07, 6.45) is 0. The maximum absolute atomic E-state index is 12.3. The lowest BCUT2D eigenvalue weighted by Crippen LogP contribution is -2.12. The zero-order chi connectivity index (χ0) is 17.3. The monoisotopic (exact) mass is 381 g/mol. The van der Waals surface area contributed by atoms with Crippen molar-refractivity contribution in [1.29, 1.82) is 0 Å².